The third-order valence-electron chi connectivity index (χ3n) is 3.74. The first kappa shape index (κ1) is 17.9. The molecule has 0 spiro atoms. The molecule has 1 heterocycles. The molecule has 2 rings (SSSR count). The van der Waals surface area contributed by atoms with Crippen LogP contribution in [0, 0.1) is 0 Å². The molecule has 1 amide bonds. The number of benzene rings is 1. The van der Waals surface area contributed by atoms with E-state index in [-0.39, 0.29) is 11.7 Å². The Hall–Kier alpha value is -1.44. The lowest BCUT2D eigenvalue weighted by molar-refractivity contribution is 0.0729. The summed E-state index contributed by atoms with van der Waals surface area (Å²) in [7, 11) is -3.33. The molecular weight excluding hydrogens is 316 g/mol. The first-order valence-corrected chi connectivity index (χ1v) is 9.56. The quantitative estimate of drug-likeness (QED) is 0.761. The number of sulfonamides is 1. The Balaban J connectivity index is 1.95. The third kappa shape index (κ3) is 5.30. The van der Waals surface area contributed by atoms with E-state index in [9.17, 15) is 13.2 Å². The van der Waals surface area contributed by atoms with Crippen LogP contribution in [0.1, 0.15) is 35.7 Å². The fraction of sp³-hybridized carbons (Fsp3) is 0.562. The molecule has 1 aliphatic heterocycles. The zero-order chi connectivity index (χ0) is 16.7. The highest BCUT2D eigenvalue weighted by atomic mass is 32.2. The molecule has 23 heavy (non-hydrogen) atoms. The van der Waals surface area contributed by atoms with Gasteiger partial charge in [0.1, 0.15) is 0 Å². The van der Waals surface area contributed by atoms with Crippen LogP contribution in [0.2, 0.25) is 0 Å². The molecule has 1 fully saturated rings. The first-order valence-electron chi connectivity index (χ1n) is 7.95. The van der Waals surface area contributed by atoms with E-state index in [4.69, 9.17) is 4.74 Å². The number of carbonyl (C=O) groups is 1. The average molecular weight is 340 g/mol. The number of morpholine rings is 1. The van der Waals surface area contributed by atoms with Crippen molar-refractivity contribution in [2.75, 3.05) is 32.8 Å². The molecule has 6 nitrogen and oxygen atoms in total. The van der Waals surface area contributed by atoms with E-state index in [2.05, 4.69) is 12.2 Å². The maximum atomic E-state index is 12.3. The summed E-state index contributed by atoms with van der Waals surface area (Å²) in [6.45, 7) is 4.41. The van der Waals surface area contributed by atoms with E-state index in [0.717, 1.165) is 12.8 Å². The van der Waals surface area contributed by atoms with E-state index >= 15 is 0 Å². The Kier molecular flexibility index (Phi) is 6.56. The van der Waals surface area contributed by atoms with Gasteiger partial charge in [0.05, 0.1) is 19.0 Å². The van der Waals surface area contributed by atoms with Gasteiger partial charge in [-0.2, -0.15) is 4.31 Å². The van der Waals surface area contributed by atoms with Crippen molar-refractivity contribution in [1.82, 2.24) is 9.62 Å². The van der Waals surface area contributed by atoms with E-state index in [1.807, 2.05) is 0 Å². The molecule has 0 aromatic heterocycles. The lowest BCUT2D eigenvalue weighted by atomic mass is 10.1. The largest absolute Gasteiger partial charge is 0.379 e. The number of hydrogen-bond donors (Lipinski definition) is 1. The number of rotatable bonds is 7. The topological polar surface area (TPSA) is 75.7 Å². The predicted octanol–water partition coefficient (Wildman–Crippen LogP) is 1.38. The maximum absolute atomic E-state index is 12.3. The van der Waals surface area contributed by atoms with Gasteiger partial charge in [0.25, 0.3) is 5.91 Å². The van der Waals surface area contributed by atoms with Crippen molar-refractivity contribution in [2.24, 2.45) is 0 Å². The number of unbranched alkanes of at least 4 members (excludes halogenated alkanes) is 1. The highest BCUT2D eigenvalue weighted by molar-refractivity contribution is 7.88. The number of carbonyl (C=O) groups excluding carboxylic acids is 1. The molecule has 1 aromatic carbocycles. The van der Waals surface area contributed by atoms with Crippen molar-refractivity contribution in [3.8, 4) is 0 Å². The molecule has 1 N–H and O–H groups in total. The lowest BCUT2D eigenvalue weighted by Crippen LogP contribution is -2.41. The fourth-order valence-corrected chi connectivity index (χ4v) is 3.86. The summed E-state index contributed by atoms with van der Waals surface area (Å²) in [4.78, 5) is 11.9. The fourth-order valence-electron chi connectivity index (χ4n) is 2.36. The van der Waals surface area contributed by atoms with Gasteiger partial charge >= 0.3 is 0 Å². The van der Waals surface area contributed by atoms with Crippen molar-refractivity contribution in [2.45, 2.75) is 25.5 Å². The molecule has 1 aliphatic rings. The SMILES string of the molecule is CCCCNC(=O)c1ccc(CS(=O)(=O)N2CCOCC2)cc1. The Morgan fingerprint density at radius 2 is 1.87 bits per heavy atom. The van der Waals surface area contributed by atoms with E-state index in [1.165, 1.54) is 4.31 Å². The van der Waals surface area contributed by atoms with E-state index in [0.29, 0.717) is 44.0 Å². The van der Waals surface area contributed by atoms with Gasteiger partial charge < -0.3 is 10.1 Å². The smallest absolute Gasteiger partial charge is 0.251 e. The standard InChI is InChI=1S/C16H24N2O4S/c1-2-3-8-17-16(19)15-6-4-14(5-7-15)13-23(20,21)18-9-11-22-12-10-18/h4-7H,2-3,8-13H2,1H3,(H,17,19). The van der Waals surface area contributed by atoms with Gasteiger partial charge in [0, 0.05) is 25.2 Å². The zero-order valence-corrected chi connectivity index (χ0v) is 14.3. The molecule has 1 saturated heterocycles. The number of nitrogens with zero attached hydrogens (tertiary/aromatic N) is 1. The van der Waals surface area contributed by atoms with Crippen LogP contribution in [0.5, 0.6) is 0 Å². The molecule has 1 aromatic rings. The van der Waals surface area contributed by atoms with Gasteiger partial charge in [-0.3, -0.25) is 4.79 Å². The second-order valence-electron chi connectivity index (χ2n) is 5.57. The van der Waals surface area contributed by atoms with Crippen LogP contribution in [0.3, 0.4) is 0 Å². The summed E-state index contributed by atoms with van der Waals surface area (Å²) in [5.74, 6) is -0.175. The summed E-state index contributed by atoms with van der Waals surface area (Å²) in [5, 5.41) is 2.84. The second kappa shape index (κ2) is 8.42. The number of nitrogens with one attached hydrogen (secondary N) is 1. The minimum absolute atomic E-state index is 0.0509. The van der Waals surface area contributed by atoms with Gasteiger partial charge in [-0.1, -0.05) is 25.5 Å². The molecule has 7 heteroatoms. The highest BCUT2D eigenvalue weighted by Crippen LogP contribution is 2.13. The Morgan fingerprint density at radius 1 is 1.22 bits per heavy atom. The Bertz CT molecular complexity index is 607. The average Bonchev–Trinajstić information content (AvgIpc) is 2.56. The van der Waals surface area contributed by atoms with Crippen LogP contribution < -0.4 is 5.32 Å². The second-order valence-corrected chi connectivity index (χ2v) is 7.54. The summed E-state index contributed by atoms with van der Waals surface area (Å²) in [6, 6.07) is 6.75. The summed E-state index contributed by atoms with van der Waals surface area (Å²) < 4.78 is 31.3. The number of hydrogen-bond acceptors (Lipinski definition) is 4. The molecule has 0 unspecified atom stereocenters. The normalized spacial score (nSPS) is 16.2. The minimum atomic E-state index is -3.33. The van der Waals surface area contributed by atoms with Crippen molar-refractivity contribution >= 4 is 15.9 Å². The monoisotopic (exact) mass is 340 g/mol. The van der Waals surface area contributed by atoms with Gasteiger partial charge in [-0.15, -0.1) is 0 Å². The lowest BCUT2D eigenvalue weighted by Gasteiger charge is -2.26. The predicted molar refractivity (Wildman–Crippen MR) is 88.7 cm³/mol. The van der Waals surface area contributed by atoms with Gasteiger partial charge in [-0.05, 0) is 24.1 Å². The van der Waals surface area contributed by atoms with Crippen molar-refractivity contribution in [1.29, 1.82) is 0 Å². The van der Waals surface area contributed by atoms with Crippen LogP contribution >= 0.6 is 0 Å². The Labute approximate surface area is 137 Å². The van der Waals surface area contributed by atoms with E-state index < -0.39 is 10.0 Å². The van der Waals surface area contributed by atoms with Crippen molar-refractivity contribution in [3.63, 3.8) is 0 Å². The van der Waals surface area contributed by atoms with Crippen LogP contribution in [0.25, 0.3) is 0 Å². The maximum Gasteiger partial charge on any atom is 0.251 e. The summed E-state index contributed by atoms with van der Waals surface area (Å²) in [5.41, 5.74) is 1.23. The van der Waals surface area contributed by atoms with Crippen LogP contribution in [-0.4, -0.2) is 51.5 Å². The number of amides is 1. The first-order chi connectivity index (χ1) is 11.0. The van der Waals surface area contributed by atoms with Crippen LogP contribution in [0.15, 0.2) is 24.3 Å². The summed E-state index contributed by atoms with van der Waals surface area (Å²) >= 11 is 0. The third-order valence-corrected chi connectivity index (χ3v) is 5.59. The van der Waals surface area contributed by atoms with E-state index in [1.54, 1.807) is 24.3 Å². The van der Waals surface area contributed by atoms with Gasteiger partial charge in [-0.25, -0.2) is 8.42 Å². The van der Waals surface area contributed by atoms with Gasteiger partial charge in [0.2, 0.25) is 10.0 Å². The van der Waals surface area contributed by atoms with Crippen LogP contribution in [-0.2, 0) is 20.5 Å². The molecule has 128 valence electrons. The molecule has 0 bridgehead atoms. The van der Waals surface area contributed by atoms with Crippen molar-refractivity contribution < 1.29 is 17.9 Å². The molecule has 0 aliphatic carbocycles. The molecular formula is C16H24N2O4S. The molecule has 0 saturated carbocycles. The zero-order valence-electron chi connectivity index (χ0n) is 13.5. The Morgan fingerprint density at radius 3 is 2.48 bits per heavy atom. The summed E-state index contributed by atoms with van der Waals surface area (Å²) in [6.07, 6.45) is 1.97. The molecule has 0 radical (unpaired) electrons. The van der Waals surface area contributed by atoms with Gasteiger partial charge in [0.15, 0.2) is 0 Å². The number of ether oxygens (including phenoxy) is 1. The highest BCUT2D eigenvalue weighted by Gasteiger charge is 2.24. The van der Waals surface area contributed by atoms with Crippen molar-refractivity contribution in [3.05, 3.63) is 35.4 Å². The van der Waals surface area contributed by atoms with Crippen LogP contribution in [0.4, 0.5) is 0 Å². The molecule has 0 atom stereocenters. The minimum Gasteiger partial charge on any atom is -0.379 e.